The second kappa shape index (κ2) is 5.24. The number of anilines is 3. The molecule has 0 radical (unpaired) electrons. The first-order valence-corrected chi connectivity index (χ1v) is 8.05. The molecule has 0 aromatic heterocycles. The molecule has 2 aliphatic rings. The third kappa shape index (κ3) is 2.47. The first-order chi connectivity index (χ1) is 10.0. The van der Waals surface area contributed by atoms with E-state index >= 15 is 0 Å². The van der Waals surface area contributed by atoms with E-state index in [1.165, 1.54) is 25.7 Å². The minimum absolute atomic E-state index is 0.0808. The predicted octanol–water partition coefficient (Wildman–Crippen LogP) is 4.05. The van der Waals surface area contributed by atoms with Crippen LogP contribution in [0.3, 0.4) is 0 Å². The lowest BCUT2D eigenvalue weighted by atomic mass is 9.86. The number of carbonyl (C=O) groups excluding carboxylic acids is 1. The summed E-state index contributed by atoms with van der Waals surface area (Å²) in [5.41, 5.74) is 3.83. The van der Waals surface area contributed by atoms with Gasteiger partial charge in [-0.05, 0) is 44.4 Å². The van der Waals surface area contributed by atoms with Gasteiger partial charge in [-0.25, -0.2) is 0 Å². The maximum atomic E-state index is 12.0. The van der Waals surface area contributed by atoms with Gasteiger partial charge in [0.15, 0.2) is 0 Å². The van der Waals surface area contributed by atoms with Gasteiger partial charge in [-0.15, -0.1) is 0 Å². The topological polar surface area (TPSA) is 53.2 Å². The van der Waals surface area contributed by atoms with E-state index in [1.807, 2.05) is 13.8 Å². The fourth-order valence-electron chi connectivity index (χ4n) is 3.19. The van der Waals surface area contributed by atoms with Gasteiger partial charge in [-0.1, -0.05) is 26.2 Å². The number of hydrogen-bond donors (Lipinski definition) is 3. The lowest BCUT2D eigenvalue weighted by Crippen LogP contribution is -2.27. The molecule has 2 aliphatic heterocycles. The highest BCUT2D eigenvalue weighted by Crippen LogP contribution is 2.44. The number of hydrogen-bond acceptors (Lipinski definition) is 3. The maximum Gasteiger partial charge on any atom is 0.234 e. The van der Waals surface area contributed by atoms with Crippen LogP contribution < -0.4 is 16.0 Å². The Morgan fingerprint density at radius 3 is 2.48 bits per heavy atom. The minimum Gasteiger partial charge on any atom is -0.364 e. The molecule has 1 atom stereocenters. The average molecular weight is 287 g/mol. The van der Waals surface area contributed by atoms with Crippen molar-refractivity contribution in [2.45, 2.75) is 64.5 Å². The van der Waals surface area contributed by atoms with Crippen LogP contribution >= 0.6 is 0 Å². The minimum atomic E-state index is -0.439. The van der Waals surface area contributed by atoms with Crippen molar-refractivity contribution in [1.29, 1.82) is 0 Å². The van der Waals surface area contributed by atoms with Crippen LogP contribution in [0.25, 0.3) is 0 Å². The zero-order valence-corrected chi connectivity index (χ0v) is 13.2. The molecule has 3 rings (SSSR count). The van der Waals surface area contributed by atoms with E-state index in [0.717, 1.165) is 29.0 Å². The van der Waals surface area contributed by atoms with Crippen LogP contribution in [-0.4, -0.2) is 12.1 Å². The maximum absolute atomic E-state index is 12.0. The van der Waals surface area contributed by atoms with E-state index < -0.39 is 5.41 Å². The molecule has 4 heteroatoms. The van der Waals surface area contributed by atoms with E-state index in [2.05, 4.69) is 35.0 Å². The van der Waals surface area contributed by atoms with Crippen molar-refractivity contribution in [3.05, 3.63) is 17.7 Å². The Hall–Kier alpha value is -1.71. The summed E-state index contributed by atoms with van der Waals surface area (Å²) in [6, 6.07) is 4.19. The van der Waals surface area contributed by atoms with E-state index in [1.54, 1.807) is 0 Å². The Morgan fingerprint density at radius 2 is 1.76 bits per heavy atom. The zero-order valence-electron chi connectivity index (χ0n) is 13.2. The van der Waals surface area contributed by atoms with Crippen LogP contribution in [0.1, 0.15) is 58.4 Å². The highest BCUT2D eigenvalue weighted by Gasteiger charge is 2.39. The number of carbonyl (C=O) groups is 1. The molecule has 114 valence electrons. The summed E-state index contributed by atoms with van der Waals surface area (Å²) < 4.78 is 0. The number of rotatable bonds is 5. The molecule has 4 nitrogen and oxygen atoms in total. The molecule has 0 spiro atoms. The monoisotopic (exact) mass is 287 g/mol. The van der Waals surface area contributed by atoms with Crippen LogP contribution in [0.4, 0.5) is 17.1 Å². The van der Waals surface area contributed by atoms with Gasteiger partial charge >= 0.3 is 0 Å². The van der Waals surface area contributed by atoms with Gasteiger partial charge in [-0.3, -0.25) is 4.79 Å². The number of nitrogens with one attached hydrogen (secondary N) is 3. The SMILES string of the molecule is CCCCCCC1Nc2cc3c(cc2N1)C(C)(C)C(=O)N3. The van der Waals surface area contributed by atoms with Crippen LogP contribution in [0.2, 0.25) is 0 Å². The molecule has 0 bridgehead atoms. The van der Waals surface area contributed by atoms with E-state index in [-0.39, 0.29) is 5.91 Å². The largest absolute Gasteiger partial charge is 0.364 e. The quantitative estimate of drug-likeness (QED) is 0.716. The summed E-state index contributed by atoms with van der Waals surface area (Å²) in [6.45, 7) is 6.19. The fourth-order valence-corrected chi connectivity index (χ4v) is 3.19. The van der Waals surface area contributed by atoms with Crippen molar-refractivity contribution >= 4 is 23.0 Å². The number of fused-ring (bicyclic) bond motifs is 2. The van der Waals surface area contributed by atoms with Crippen LogP contribution in [-0.2, 0) is 10.2 Å². The van der Waals surface area contributed by atoms with Gasteiger partial charge in [0.25, 0.3) is 0 Å². The lowest BCUT2D eigenvalue weighted by molar-refractivity contribution is -0.119. The molecule has 0 saturated heterocycles. The molecule has 1 unspecified atom stereocenters. The standard InChI is InChI=1S/C17H25N3O/c1-4-5-6-7-8-15-18-13-9-11-12(10-14(13)19-15)20-16(21)17(11,2)3/h9-10,15,18-19H,4-8H2,1-3H3,(H,20,21). The van der Waals surface area contributed by atoms with Gasteiger partial charge in [0, 0.05) is 5.69 Å². The molecule has 1 aromatic carbocycles. The molecule has 0 aliphatic carbocycles. The molecule has 21 heavy (non-hydrogen) atoms. The first kappa shape index (κ1) is 14.2. The summed E-state index contributed by atoms with van der Waals surface area (Å²) in [7, 11) is 0. The molecule has 3 N–H and O–H groups in total. The molecular formula is C17H25N3O. The Labute approximate surface area is 126 Å². The molecule has 1 amide bonds. The van der Waals surface area contributed by atoms with Gasteiger partial charge in [-0.2, -0.15) is 0 Å². The highest BCUT2D eigenvalue weighted by atomic mass is 16.2. The second-order valence-corrected chi connectivity index (χ2v) is 6.71. The van der Waals surface area contributed by atoms with E-state index in [4.69, 9.17) is 0 Å². The predicted molar refractivity (Wildman–Crippen MR) is 87.9 cm³/mol. The number of unbranched alkanes of at least 4 members (excludes halogenated alkanes) is 3. The fraction of sp³-hybridized carbons (Fsp3) is 0.588. The Morgan fingerprint density at radius 1 is 1.05 bits per heavy atom. The third-order valence-corrected chi connectivity index (χ3v) is 4.65. The lowest BCUT2D eigenvalue weighted by Gasteiger charge is -2.15. The normalized spacial score (nSPS) is 21.3. The Balaban J connectivity index is 1.70. The van der Waals surface area contributed by atoms with Crippen molar-refractivity contribution in [1.82, 2.24) is 0 Å². The van der Waals surface area contributed by atoms with Crippen molar-refractivity contribution in [3.63, 3.8) is 0 Å². The van der Waals surface area contributed by atoms with Crippen molar-refractivity contribution in [3.8, 4) is 0 Å². The summed E-state index contributed by atoms with van der Waals surface area (Å²) in [4.78, 5) is 12.0. The van der Waals surface area contributed by atoms with Crippen LogP contribution in [0.5, 0.6) is 0 Å². The van der Waals surface area contributed by atoms with Gasteiger partial charge < -0.3 is 16.0 Å². The van der Waals surface area contributed by atoms with Crippen molar-refractivity contribution in [2.75, 3.05) is 16.0 Å². The van der Waals surface area contributed by atoms with E-state index in [9.17, 15) is 4.79 Å². The summed E-state index contributed by atoms with van der Waals surface area (Å²) >= 11 is 0. The van der Waals surface area contributed by atoms with Gasteiger partial charge in [0.1, 0.15) is 0 Å². The number of benzene rings is 1. The molecule has 1 aromatic rings. The second-order valence-electron chi connectivity index (χ2n) is 6.71. The van der Waals surface area contributed by atoms with E-state index in [0.29, 0.717) is 6.17 Å². The Bertz CT molecular complexity index is 565. The summed E-state index contributed by atoms with van der Waals surface area (Å²) in [6.07, 6.45) is 6.58. The summed E-state index contributed by atoms with van der Waals surface area (Å²) in [5.74, 6) is 0.0808. The smallest absolute Gasteiger partial charge is 0.234 e. The van der Waals surface area contributed by atoms with Crippen molar-refractivity contribution < 1.29 is 4.79 Å². The van der Waals surface area contributed by atoms with Crippen LogP contribution in [0.15, 0.2) is 12.1 Å². The van der Waals surface area contributed by atoms with Crippen molar-refractivity contribution in [2.24, 2.45) is 0 Å². The zero-order chi connectivity index (χ0) is 15.0. The molecular weight excluding hydrogens is 262 g/mol. The Kier molecular flexibility index (Phi) is 3.56. The van der Waals surface area contributed by atoms with Crippen LogP contribution in [0, 0.1) is 0 Å². The average Bonchev–Trinajstić information content (AvgIpc) is 2.92. The molecule has 0 saturated carbocycles. The third-order valence-electron chi connectivity index (χ3n) is 4.65. The van der Waals surface area contributed by atoms with Gasteiger partial charge in [0.05, 0.1) is 23.0 Å². The van der Waals surface area contributed by atoms with Gasteiger partial charge in [0.2, 0.25) is 5.91 Å². The summed E-state index contributed by atoms with van der Waals surface area (Å²) in [5, 5.41) is 10.0. The highest BCUT2D eigenvalue weighted by molar-refractivity contribution is 6.07. The first-order valence-electron chi connectivity index (χ1n) is 8.05. The molecule has 0 fully saturated rings. The number of amides is 1. The molecule has 2 heterocycles.